The van der Waals surface area contributed by atoms with Crippen LogP contribution >= 0.6 is 11.6 Å². The Morgan fingerprint density at radius 1 is 1.32 bits per heavy atom. The number of anilines is 2. The molecule has 3 N–H and O–H groups in total. The summed E-state index contributed by atoms with van der Waals surface area (Å²) in [6.07, 6.45) is 0. The summed E-state index contributed by atoms with van der Waals surface area (Å²) in [5.41, 5.74) is 6.72. The molecule has 1 aromatic heterocycles. The first kappa shape index (κ1) is 13.7. The SMILES string of the molecule is CC(C)(C)Nc1nc(N)n(Cc2ccccc2Cl)n1. The maximum Gasteiger partial charge on any atom is 0.244 e. The van der Waals surface area contributed by atoms with Gasteiger partial charge in [0.15, 0.2) is 0 Å². The molecular formula is C13H18ClN5. The van der Waals surface area contributed by atoms with Crippen molar-refractivity contribution < 1.29 is 0 Å². The minimum Gasteiger partial charge on any atom is -0.368 e. The summed E-state index contributed by atoms with van der Waals surface area (Å²) >= 11 is 6.12. The Labute approximate surface area is 117 Å². The Morgan fingerprint density at radius 3 is 2.63 bits per heavy atom. The normalized spacial score (nSPS) is 11.6. The van der Waals surface area contributed by atoms with Gasteiger partial charge < -0.3 is 11.1 Å². The number of rotatable bonds is 3. The minimum absolute atomic E-state index is 0.108. The van der Waals surface area contributed by atoms with E-state index in [0.29, 0.717) is 23.5 Å². The van der Waals surface area contributed by atoms with E-state index in [2.05, 4.69) is 15.4 Å². The zero-order valence-corrected chi connectivity index (χ0v) is 12.1. The van der Waals surface area contributed by atoms with E-state index in [1.54, 1.807) is 4.68 Å². The van der Waals surface area contributed by atoms with Crippen LogP contribution in [0.5, 0.6) is 0 Å². The third kappa shape index (κ3) is 3.61. The van der Waals surface area contributed by atoms with Crippen LogP contribution in [-0.4, -0.2) is 20.3 Å². The maximum absolute atomic E-state index is 6.12. The van der Waals surface area contributed by atoms with Gasteiger partial charge in [0.1, 0.15) is 0 Å². The Hall–Kier alpha value is -1.75. The summed E-state index contributed by atoms with van der Waals surface area (Å²) in [6.45, 7) is 6.62. The fourth-order valence-electron chi connectivity index (χ4n) is 1.65. The highest BCUT2D eigenvalue weighted by molar-refractivity contribution is 6.31. The molecule has 0 saturated carbocycles. The first-order chi connectivity index (χ1) is 8.85. The standard InChI is InChI=1S/C13H18ClN5/c1-13(2,3)17-12-16-11(15)19(18-12)8-9-6-4-5-7-10(9)14/h4-7H,8H2,1-3H3,(H3,15,16,17,18). The number of halogens is 1. The van der Waals surface area contributed by atoms with E-state index in [9.17, 15) is 0 Å². The van der Waals surface area contributed by atoms with Crippen LogP contribution in [0.3, 0.4) is 0 Å². The highest BCUT2D eigenvalue weighted by Crippen LogP contribution is 2.18. The van der Waals surface area contributed by atoms with Crippen LogP contribution in [0.25, 0.3) is 0 Å². The van der Waals surface area contributed by atoms with Crippen molar-refractivity contribution in [1.82, 2.24) is 14.8 Å². The highest BCUT2D eigenvalue weighted by Gasteiger charge is 2.14. The lowest BCUT2D eigenvalue weighted by Crippen LogP contribution is -2.26. The molecule has 0 saturated heterocycles. The fourth-order valence-corrected chi connectivity index (χ4v) is 1.84. The zero-order chi connectivity index (χ0) is 14.0. The number of hydrogen-bond acceptors (Lipinski definition) is 4. The van der Waals surface area contributed by atoms with Gasteiger partial charge >= 0.3 is 0 Å². The van der Waals surface area contributed by atoms with Crippen molar-refractivity contribution in [1.29, 1.82) is 0 Å². The third-order valence-electron chi connectivity index (χ3n) is 2.47. The molecule has 0 amide bonds. The number of hydrogen-bond donors (Lipinski definition) is 2. The van der Waals surface area contributed by atoms with Crippen LogP contribution in [0.15, 0.2) is 24.3 Å². The molecule has 0 unspecified atom stereocenters. The number of aromatic nitrogens is 3. The number of nitrogens with zero attached hydrogens (tertiary/aromatic N) is 3. The molecule has 0 aliphatic carbocycles. The average Bonchev–Trinajstić information content (AvgIpc) is 2.60. The smallest absolute Gasteiger partial charge is 0.244 e. The Morgan fingerprint density at radius 2 is 2.00 bits per heavy atom. The number of benzene rings is 1. The summed E-state index contributed by atoms with van der Waals surface area (Å²) < 4.78 is 1.63. The van der Waals surface area contributed by atoms with Gasteiger partial charge in [-0.1, -0.05) is 29.8 Å². The molecule has 0 aliphatic rings. The van der Waals surface area contributed by atoms with E-state index in [1.165, 1.54) is 0 Å². The van der Waals surface area contributed by atoms with Crippen LogP contribution < -0.4 is 11.1 Å². The molecule has 19 heavy (non-hydrogen) atoms. The molecular weight excluding hydrogens is 262 g/mol. The number of nitrogens with two attached hydrogens (primary N) is 1. The van der Waals surface area contributed by atoms with Crippen LogP contribution in [0.2, 0.25) is 5.02 Å². The van der Waals surface area contributed by atoms with Gasteiger partial charge in [-0.05, 0) is 32.4 Å². The van der Waals surface area contributed by atoms with Crippen LogP contribution in [0, 0.1) is 0 Å². The molecule has 2 rings (SSSR count). The van der Waals surface area contributed by atoms with Gasteiger partial charge in [-0.15, -0.1) is 5.10 Å². The second-order valence-electron chi connectivity index (χ2n) is 5.42. The second-order valence-corrected chi connectivity index (χ2v) is 5.82. The van der Waals surface area contributed by atoms with Crippen LogP contribution in [-0.2, 0) is 6.54 Å². The van der Waals surface area contributed by atoms with Crippen molar-refractivity contribution in [2.75, 3.05) is 11.1 Å². The predicted molar refractivity (Wildman–Crippen MR) is 78.4 cm³/mol. The molecule has 2 aromatic rings. The molecule has 0 fully saturated rings. The molecule has 0 aliphatic heterocycles. The Balaban J connectivity index is 2.20. The van der Waals surface area contributed by atoms with Crippen molar-refractivity contribution in [3.05, 3.63) is 34.9 Å². The summed E-state index contributed by atoms with van der Waals surface area (Å²) in [4.78, 5) is 4.20. The van der Waals surface area contributed by atoms with E-state index < -0.39 is 0 Å². The molecule has 1 heterocycles. The van der Waals surface area contributed by atoms with Crippen molar-refractivity contribution >= 4 is 23.5 Å². The molecule has 0 spiro atoms. The van der Waals surface area contributed by atoms with E-state index in [-0.39, 0.29) is 5.54 Å². The Kier molecular flexibility index (Phi) is 3.66. The maximum atomic E-state index is 6.12. The fraction of sp³-hybridized carbons (Fsp3) is 0.385. The topological polar surface area (TPSA) is 68.8 Å². The average molecular weight is 280 g/mol. The first-order valence-electron chi connectivity index (χ1n) is 6.07. The van der Waals surface area contributed by atoms with Gasteiger partial charge in [0.2, 0.25) is 11.9 Å². The zero-order valence-electron chi connectivity index (χ0n) is 11.3. The van der Waals surface area contributed by atoms with Gasteiger partial charge in [-0.25, -0.2) is 4.68 Å². The summed E-state index contributed by atoms with van der Waals surface area (Å²) in [5, 5.41) is 8.23. The number of nitrogens with one attached hydrogen (secondary N) is 1. The quantitative estimate of drug-likeness (QED) is 0.906. The van der Waals surface area contributed by atoms with Crippen molar-refractivity contribution in [2.45, 2.75) is 32.9 Å². The predicted octanol–water partition coefficient (Wildman–Crippen LogP) is 2.77. The third-order valence-corrected chi connectivity index (χ3v) is 2.83. The molecule has 6 heteroatoms. The van der Waals surface area contributed by atoms with Gasteiger partial charge in [0, 0.05) is 10.6 Å². The van der Waals surface area contributed by atoms with E-state index in [1.807, 2.05) is 45.0 Å². The van der Waals surface area contributed by atoms with Gasteiger partial charge in [0.05, 0.1) is 6.54 Å². The van der Waals surface area contributed by atoms with Crippen molar-refractivity contribution in [2.24, 2.45) is 0 Å². The molecule has 0 radical (unpaired) electrons. The van der Waals surface area contributed by atoms with Gasteiger partial charge in [0.25, 0.3) is 0 Å². The van der Waals surface area contributed by atoms with Gasteiger partial charge in [-0.3, -0.25) is 0 Å². The second kappa shape index (κ2) is 5.09. The lowest BCUT2D eigenvalue weighted by molar-refractivity contribution is 0.619. The lowest BCUT2D eigenvalue weighted by Gasteiger charge is -2.18. The first-order valence-corrected chi connectivity index (χ1v) is 6.45. The molecule has 0 atom stereocenters. The summed E-state index contributed by atoms with van der Waals surface area (Å²) in [7, 11) is 0. The highest BCUT2D eigenvalue weighted by atomic mass is 35.5. The lowest BCUT2D eigenvalue weighted by atomic mass is 10.1. The van der Waals surface area contributed by atoms with E-state index in [4.69, 9.17) is 17.3 Å². The van der Waals surface area contributed by atoms with Crippen molar-refractivity contribution in [3.63, 3.8) is 0 Å². The largest absolute Gasteiger partial charge is 0.368 e. The summed E-state index contributed by atoms with van der Waals surface area (Å²) in [5.74, 6) is 0.892. The Bertz CT molecular complexity index is 571. The summed E-state index contributed by atoms with van der Waals surface area (Å²) in [6, 6.07) is 7.62. The van der Waals surface area contributed by atoms with Gasteiger partial charge in [-0.2, -0.15) is 4.98 Å². The minimum atomic E-state index is -0.108. The van der Waals surface area contributed by atoms with Crippen LogP contribution in [0.4, 0.5) is 11.9 Å². The molecule has 5 nitrogen and oxygen atoms in total. The molecule has 1 aromatic carbocycles. The molecule has 102 valence electrons. The number of nitrogen functional groups attached to an aromatic ring is 1. The van der Waals surface area contributed by atoms with Crippen molar-refractivity contribution in [3.8, 4) is 0 Å². The van der Waals surface area contributed by atoms with Crippen LogP contribution in [0.1, 0.15) is 26.3 Å². The van der Waals surface area contributed by atoms with E-state index >= 15 is 0 Å². The molecule has 0 bridgehead atoms. The van der Waals surface area contributed by atoms with E-state index in [0.717, 1.165) is 5.56 Å². The monoisotopic (exact) mass is 279 g/mol.